The Morgan fingerprint density at radius 1 is 1.25 bits per heavy atom. The van der Waals surface area contributed by atoms with E-state index in [4.69, 9.17) is 9.47 Å². The summed E-state index contributed by atoms with van der Waals surface area (Å²) in [4.78, 5) is 0. The quantitative estimate of drug-likeness (QED) is 0.710. The topological polar surface area (TPSA) is 18.5 Å². The number of hydrogen-bond donors (Lipinski definition) is 0. The van der Waals surface area contributed by atoms with Crippen LogP contribution in [0, 0.1) is 0 Å². The van der Waals surface area contributed by atoms with E-state index in [-0.39, 0.29) is 6.29 Å². The van der Waals surface area contributed by atoms with Crippen molar-refractivity contribution >= 4 is 0 Å². The van der Waals surface area contributed by atoms with Gasteiger partial charge in [0.15, 0.2) is 6.29 Å². The molecule has 2 rings (SSSR count). The van der Waals surface area contributed by atoms with E-state index in [1.54, 1.807) is 0 Å². The molecule has 1 aliphatic carbocycles. The lowest BCUT2D eigenvalue weighted by Gasteiger charge is -2.27. The van der Waals surface area contributed by atoms with Gasteiger partial charge in [-0.2, -0.15) is 0 Å². The van der Waals surface area contributed by atoms with Crippen molar-refractivity contribution in [1.82, 2.24) is 0 Å². The van der Waals surface area contributed by atoms with Gasteiger partial charge in [0.05, 0.1) is 13.2 Å². The maximum Gasteiger partial charge on any atom is 0.180 e. The highest BCUT2D eigenvalue weighted by Gasteiger charge is 2.20. The van der Waals surface area contributed by atoms with E-state index in [0.29, 0.717) is 0 Å². The Morgan fingerprint density at radius 3 is 2.56 bits per heavy atom. The number of rotatable bonds is 2. The molecule has 0 aromatic heterocycles. The summed E-state index contributed by atoms with van der Waals surface area (Å²) in [5.74, 6) is 0. The lowest BCUT2D eigenvalue weighted by Crippen LogP contribution is -2.27. The molecule has 0 aromatic carbocycles. The van der Waals surface area contributed by atoms with E-state index < -0.39 is 0 Å². The van der Waals surface area contributed by atoms with Crippen LogP contribution in [0.1, 0.15) is 33.1 Å². The second kappa shape index (κ2) is 5.46. The minimum Gasteiger partial charge on any atom is -0.349 e. The van der Waals surface area contributed by atoms with Gasteiger partial charge in [-0.3, -0.25) is 0 Å². The zero-order valence-electron chi connectivity index (χ0n) is 10.2. The highest BCUT2D eigenvalue weighted by molar-refractivity contribution is 5.37. The summed E-state index contributed by atoms with van der Waals surface area (Å²) < 4.78 is 11.2. The van der Waals surface area contributed by atoms with Crippen LogP contribution in [0.5, 0.6) is 0 Å². The first kappa shape index (κ1) is 11.6. The molecule has 2 aliphatic rings. The maximum atomic E-state index is 5.61. The van der Waals surface area contributed by atoms with Crippen LogP contribution >= 0.6 is 0 Å². The van der Waals surface area contributed by atoms with Gasteiger partial charge in [0, 0.05) is 0 Å². The van der Waals surface area contributed by atoms with E-state index in [0.717, 1.165) is 32.5 Å². The summed E-state index contributed by atoms with van der Waals surface area (Å²) in [6.07, 6.45) is 9.63. The van der Waals surface area contributed by atoms with Crippen molar-refractivity contribution in [2.75, 3.05) is 13.2 Å². The summed E-state index contributed by atoms with van der Waals surface area (Å²) in [6.45, 7) is 5.90. The molecule has 1 saturated heterocycles. The lowest BCUT2D eigenvalue weighted by atomic mass is 9.93. The molecule has 16 heavy (non-hydrogen) atoms. The summed E-state index contributed by atoms with van der Waals surface area (Å²) in [5.41, 5.74) is 4.09. The minimum absolute atomic E-state index is 0.0857. The molecule has 1 aliphatic heterocycles. The molecule has 1 fully saturated rings. The fourth-order valence-corrected chi connectivity index (χ4v) is 2.07. The van der Waals surface area contributed by atoms with Crippen molar-refractivity contribution in [2.45, 2.75) is 39.4 Å². The average Bonchev–Trinajstić information content (AvgIpc) is 2.39. The fraction of sp³-hybridized carbons (Fsp3) is 0.571. The largest absolute Gasteiger partial charge is 0.349 e. The molecule has 0 bridgehead atoms. The second-order valence-electron chi connectivity index (χ2n) is 4.33. The highest BCUT2D eigenvalue weighted by Crippen LogP contribution is 2.27. The Bertz CT molecular complexity index is 331. The van der Waals surface area contributed by atoms with Crippen LogP contribution < -0.4 is 0 Å². The predicted octanol–water partition coefficient (Wildman–Crippen LogP) is 3.36. The van der Waals surface area contributed by atoms with Gasteiger partial charge in [0.1, 0.15) is 0 Å². The molecule has 0 aromatic rings. The molecule has 88 valence electrons. The van der Waals surface area contributed by atoms with Gasteiger partial charge >= 0.3 is 0 Å². The number of hydrogen-bond acceptors (Lipinski definition) is 2. The third-order valence-electron chi connectivity index (χ3n) is 3.25. The van der Waals surface area contributed by atoms with Gasteiger partial charge in [-0.05, 0) is 44.3 Å². The number of allylic oxidation sites excluding steroid dienone is 5. The van der Waals surface area contributed by atoms with Crippen LogP contribution in [-0.2, 0) is 9.47 Å². The molecule has 0 spiro atoms. The number of ether oxygens (including phenoxy) is 2. The van der Waals surface area contributed by atoms with Crippen molar-refractivity contribution in [3.05, 3.63) is 34.9 Å². The smallest absolute Gasteiger partial charge is 0.180 e. The van der Waals surface area contributed by atoms with E-state index in [2.05, 4.69) is 32.1 Å². The van der Waals surface area contributed by atoms with Crippen molar-refractivity contribution in [2.24, 2.45) is 0 Å². The van der Waals surface area contributed by atoms with E-state index in [1.807, 2.05) is 0 Å². The Morgan fingerprint density at radius 2 is 2.00 bits per heavy atom. The van der Waals surface area contributed by atoms with Crippen molar-refractivity contribution in [1.29, 1.82) is 0 Å². The van der Waals surface area contributed by atoms with Crippen LogP contribution in [0.25, 0.3) is 0 Å². The first-order chi connectivity index (χ1) is 7.81. The van der Waals surface area contributed by atoms with Gasteiger partial charge in [-0.25, -0.2) is 0 Å². The molecule has 0 amide bonds. The summed E-state index contributed by atoms with van der Waals surface area (Å²) >= 11 is 0. The fourth-order valence-electron chi connectivity index (χ4n) is 2.07. The first-order valence-corrected chi connectivity index (χ1v) is 6.07. The standard InChI is InChI=1S/C14H20O2/c1-3-11(2)12-5-7-13(8-6-12)14-15-9-4-10-16-14/h3,5,7,14H,4,6,8-10H2,1-2H3. The van der Waals surface area contributed by atoms with Gasteiger partial charge < -0.3 is 9.47 Å². The van der Waals surface area contributed by atoms with Gasteiger partial charge in [0.2, 0.25) is 0 Å². The molecule has 0 unspecified atom stereocenters. The monoisotopic (exact) mass is 220 g/mol. The van der Waals surface area contributed by atoms with E-state index in [9.17, 15) is 0 Å². The van der Waals surface area contributed by atoms with Gasteiger partial charge in [-0.15, -0.1) is 0 Å². The minimum atomic E-state index is -0.0857. The molecule has 2 nitrogen and oxygen atoms in total. The van der Waals surface area contributed by atoms with Crippen molar-refractivity contribution in [3.8, 4) is 0 Å². The molecule has 1 heterocycles. The average molecular weight is 220 g/mol. The third-order valence-corrected chi connectivity index (χ3v) is 3.25. The second-order valence-corrected chi connectivity index (χ2v) is 4.33. The van der Waals surface area contributed by atoms with E-state index in [1.165, 1.54) is 16.7 Å². The first-order valence-electron chi connectivity index (χ1n) is 6.07. The molecular weight excluding hydrogens is 200 g/mol. The zero-order chi connectivity index (χ0) is 11.4. The van der Waals surface area contributed by atoms with Crippen LogP contribution in [-0.4, -0.2) is 19.5 Å². The van der Waals surface area contributed by atoms with Crippen molar-refractivity contribution in [3.63, 3.8) is 0 Å². The van der Waals surface area contributed by atoms with E-state index >= 15 is 0 Å². The Hall–Kier alpha value is -0.860. The summed E-state index contributed by atoms with van der Waals surface area (Å²) in [5, 5.41) is 0. The van der Waals surface area contributed by atoms with Gasteiger partial charge in [-0.1, -0.05) is 23.8 Å². The lowest BCUT2D eigenvalue weighted by molar-refractivity contribution is -0.157. The Labute approximate surface area is 97.6 Å². The van der Waals surface area contributed by atoms with Crippen LogP contribution in [0.15, 0.2) is 34.9 Å². The van der Waals surface area contributed by atoms with Crippen LogP contribution in [0.4, 0.5) is 0 Å². The molecule has 0 N–H and O–H groups in total. The maximum absolute atomic E-state index is 5.61. The third kappa shape index (κ3) is 2.63. The molecule has 2 heteroatoms. The predicted molar refractivity (Wildman–Crippen MR) is 65.1 cm³/mol. The molecule has 0 radical (unpaired) electrons. The van der Waals surface area contributed by atoms with Crippen molar-refractivity contribution < 1.29 is 9.47 Å². The van der Waals surface area contributed by atoms with Crippen LogP contribution in [0.2, 0.25) is 0 Å². The Balaban J connectivity index is 2.03. The zero-order valence-corrected chi connectivity index (χ0v) is 10.2. The molecule has 0 atom stereocenters. The highest BCUT2D eigenvalue weighted by atomic mass is 16.7. The van der Waals surface area contributed by atoms with Gasteiger partial charge in [0.25, 0.3) is 0 Å². The molecule has 0 saturated carbocycles. The summed E-state index contributed by atoms with van der Waals surface area (Å²) in [6, 6.07) is 0. The normalized spacial score (nSPS) is 24.0. The molecular formula is C14H20O2. The Kier molecular flexibility index (Phi) is 3.97. The summed E-state index contributed by atoms with van der Waals surface area (Å²) in [7, 11) is 0. The van der Waals surface area contributed by atoms with Crippen LogP contribution in [0.3, 0.4) is 0 Å². The SMILES string of the molecule is CC=C(C)C1=CC=C(C2OCCCO2)CC1.